The Hall–Kier alpha value is -2.43. The summed E-state index contributed by atoms with van der Waals surface area (Å²) in [7, 11) is -3.60. The third kappa shape index (κ3) is 6.02. The van der Waals surface area contributed by atoms with Gasteiger partial charge >= 0.3 is 0 Å². The van der Waals surface area contributed by atoms with Crippen molar-refractivity contribution < 1.29 is 22.7 Å². The van der Waals surface area contributed by atoms with E-state index in [9.17, 15) is 13.2 Å². The highest BCUT2D eigenvalue weighted by molar-refractivity contribution is 7.89. The topological polar surface area (TPSA) is 103 Å². The van der Waals surface area contributed by atoms with Crippen LogP contribution in [0.1, 0.15) is 13.3 Å². The molecule has 0 unspecified atom stereocenters. The van der Waals surface area contributed by atoms with Crippen molar-refractivity contribution in [2.75, 3.05) is 32.8 Å². The Morgan fingerprint density at radius 2 is 2.00 bits per heavy atom. The van der Waals surface area contributed by atoms with Crippen LogP contribution in [-0.2, 0) is 26.1 Å². The molecule has 1 saturated heterocycles. The average Bonchev–Trinajstić information content (AvgIpc) is 3.25. The molecule has 10 heteroatoms. The number of sulfonamides is 1. The third-order valence-corrected chi connectivity index (χ3v) is 6.04. The van der Waals surface area contributed by atoms with Crippen LogP contribution in [0.5, 0.6) is 5.75 Å². The molecule has 29 heavy (non-hydrogen) atoms. The van der Waals surface area contributed by atoms with Crippen molar-refractivity contribution in [1.82, 2.24) is 19.2 Å². The Bertz CT molecular complexity index is 878. The van der Waals surface area contributed by atoms with Gasteiger partial charge in [-0.05, 0) is 37.6 Å². The van der Waals surface area contributed by atoms with Crippen molar-refractivity contribution in [3.8, 4) is 5.75 Å². The molecule has 1 N–H and O–H groups in total. The lowest BCUT2D eigenvalue weighted by molar-refractivity contribution is -0.142. The molecule has 0 spiro atoms. The van der Waals surface area contributed by atoms with Gasteiger partial charge in [0.15, 0.2) is 6.10 Å². The minimum atomic E-state index is -3.60. The summed E-state index contributed by atoms with van der Waals surface area (Å²) in [6, 6.07) is 6.06. The smallest absolute Gasteiger partial charge is 0.263 e. The van der Waals surface area contributed by atoms with E-state index in [4.69, 9.17) is 9.47 Å². The van der Waals surface area contributed by atoms with E-state index in [0.29, 0.717) is 51.6 Å². The van der Waals surface area contributed by atoms with Gasteiger partial charge in [0.05, 0.1) is 24.4 Å². The number of benzene rings is 1. The van der Waals surface area contributed by atoms with Crippen LogP contribution in [0.15, 0.2) is 47.9 Å². The molecular weight excluding hydrogens is 396 g/mol. The van der Waals surface area contributed by atoms with Gasteiger partial charge in [-0.15, -0.1) is 0 Å². The Morgan fingerprint density at radius 3 is 2.66 bits per heavy atom. The monoisotopic (exact) mass is 422 g/mol. The zero-order chi connectivity index (χ0) is 20.7. The zero-order valence-corrected chi connectivity index (χ0v) is 17.2. The highest BCUT2D eigenvalue weighted by Gasteiger charge is 2.24. The summed E-state index contributed by atoms with van der Waals surface area (Å²) in [6.45, 7) is 4.85. The van der Waals surface area contributed by atoms with Gasteiger partial charge in [0.2, 0.25) is 10.0 Å². The molecule has 0 bridgehead atoms. The van der Waals surface area contributed by atoms with E-state index in [1.807, 2.05) is 10.8 Å². The molecule has 0 aliphatic carbocycles. The maximum Gasteiger partial charge on any atom is 0.263 e. The second kappa shape index (κ2) is 9.86. The first kappa shape index (κ1) is 21.3. The predicted octanol–water partition coefficient (Wildman–Crippen LogP) is 0.878. The van der Waals surface area contributed by atoms with E-state index in [1.165, 1.54) is 12.1 Å². The van der Waals surface area contributed by atoms with Crippen molar-refractivity contribution in [2.24, 2.45) is 0 Å². The van der Waals surface area contributed by atoms with E-state index in [2.05, 4.69) is 9.71 Å². The van der Waals surface area contributed by atoms with E-state index >= 15 is 0 Å². The Morgan fingerprint density at radius 1 is 1.28 bits per heavy atom. The van der Waals surface area contributed by atoms with Gasteiger partial charge in [-0.3, -0.25) is 4.79 Å². The highest BCUT2D eigenvalue weighted by Crippen LogP contribution is 2.18. The van der Waals surface area contributed by atoms with E-state index in [0.717, 1.165) is 0 Å². The minimum Gasteiger partial charge on any atom is -0.481 e. The first-order chi connectivity index (χ1) is 14.0. The summed E-state index contributed by atoms with van der Waals surface area (Å²) < 4.78 is 40.2. The predicted molar refractivity (Wildman–Crippen MR) is 106 cm³/mol. The number of aromatic nitrogens is 2. The van der Waals surface area contributed by atoms with Gasteiger partial charge < -0.3 is 18.9 Å². The lowest BCUT2D eigenvalue weighted by Crippen LogP contribution is -2.46. The number of nitrogens with zero attached hydrogens (tertiary/aromatic N) is 3. The molecule has 1 fully saturated rings. The molecule has 3 rings (SSSR count). The van der Waals surface area contributed by atoms with Gasteiger partial charge in [-0.1, -0.05) is 0 Å². The molecule has 2 heterocycles. The van der Waals surface area contributed by atoms with Gasteiger partial charge in [-0.2, -0.15) is 0 Å². The Kier molecular flexibility index (Phi) is 7.24. The van der Waals surface area contributed by atoms with Crippen LogP contribution in [0.25, 0.3) is 0 Å². The van der Waals surface area contributed by atoms with Crippen LogP contribution in [-0.4, -0.2) is 67.7 Å². The lowest BCUT2D eigenvalue weighted by atomic mass is 10.3. The van der Waals surface area contributed by atoms with Crippen LogP contribution in [0.2, 0.25) is 0 Å². The molecule has 0 radical (unpaired) electrons. The number of hydrogen-bond acceptors (Lipinski definition) is 6. The summed E-state index contributed by atoms with van der Waals surface area (Å²) in [5.41, 5.74) is 0. The molecule has 1 aromatic carbocycles. The van der Waals surface area contributed by atoms with Crippen molar-refractivity contribution >= 4 is 15.9 Å². The number of aryl methyl sites for hydroxylation is 1. The normalized spacial score (nSPS) is 15.8. The molecule has 1 amide bonds. The lowest BCUT2D eigenvalue weighted by Gasteiger charge is -2.29. The molecule has 1 aromatic heterocycles. The number of hydrogen-bond donors (Lipinski definition) is 1. The van der Waals surface area contributed by atoms with Crippen LogP contribution < -0.4 is 9.46 Å². The summed E-state index contributed by atoms with van der Waals surface area (Å²) in [4.78, 5) is 18.2. The summed E-state index contributed by atoms with van der Waals surface area (Å²) in [5.74, 6) is 0.336. The number of carbonyl (C=O) groups is 1. The maximum absolute atomic E-state index is 12.4. The van der Waals surface area contributed by atoms with Gasteiger partial charge in [0, 0.05) is 38.6 Å². The van der Waals surface area contributed by atoms with Crippen molar-refractivity contribution in [3.05, 3.63) is 43.0 Å². The first-order valence-electron chi connectivity index (χ1n) is 9.54. The second-order valence-electron chi connectivity index (χ2n) is 6.72. The van der Waals surface area contributed by atoms with Crippen molar-refractivity contribution in [3.63, 3.8) is 0 Å². The maximum atomic E-state index is 12.4. The SMILES string of the molecule is C[C@@H](Oc1ccc(S(=O)(=O)NCCCn2ccnc2)cc1)C(=O)N1CCOCC1. The van der Waals surface area contributed by atoms with Crippen molar-refractivity contribution in [1.29, 1.82) is 0 Å². The first-order valence-corrected chi connectivity index (χ1v) is 11.0. The number of imidazole rings is 1. The zero-order valence-electron chi connectivity index (χ0n) is 16.4. The molecule has 1 aliphatic heterocycles. The van der Waals surface area contributed by atoms with Crippen LogP contribution in [0, 0.1) is 0 Å². The minimum absolute atomic E-state index is 0.107. The number of rotatable bonds is 9. The van der Waals surface area contributed by atoms with Gasteiger partial charge in [0.1, 0.15) is 5.75 Å². The largest absolute Gasteiger partial charge is 0.481 e. The third-order valence-electron chi connectivity index (χ3n) is 4.56. The average molecular weight is 423 g/mol. The fourth-order valence-corrected chi connectivity index (χ4v) is 4.04. The molecule has 1 aliphatic rings. The molecule has 2 aromatic rings. The van der Waals surface area contributed by atoms with Crippen molar-refractivity contribution in [2.45, 2.75) is 30.9 Å². The van der Waals surface area contributed by atoms with Crippen LogP contribution >= 0.6 is 0 Å². The van der Waals surface area contributed by atoms with Crippen LogP contribution in [0.4, 0.5) is 0 Å². The number of morpholine rings is 1. The summed E-state index contributed by atoms with van der Waals surface area (Å²) >= 11 is 0. The molecule has 1 atom stereocenters. The summed E-state index contributed by atoms with van der Waals surface area (Å²) in [6.07, 6.45) is 5.20. The molecule has 158 valence electrons. The highest BCUT2D eigenvalue weighted by atomic mass is 32.2. The van der Waals surface area contributed by atoms with Crippen LogP contribution in [0.3, 0.4) is 0 Å². The molecular formula is C19H26N4O5S. The Labute approximate surface area is 170 Å². The number of carbonyl (C=O) groups excluding carboxylic acids is 1. The van der Waals surface area contributed by atoms with Gasteiger partial charge in [0.25, 0.3) is 5.91 Å². The van der Waals surface area contributed by atoms with E-state index < -0.39 is 16.1 Å². The standard InChI is InChI=1S/C19H26N4O5S/c1-16(19(24)23-11-13-27-14-12-23)28-17-3-5-18(6-4-17)29(25,26)21-7-2-9-22-10-8-20-15-22/h3-6,8,10,15-16,21H,2,7,9,11-14H2,1H3/t16-/m1/s1. The number of ether oxygens (including phenoxy) is 2. The molecule has 0 saturated carbocycles. The molecule has 9 nitrogen and oxygen atoms in total. The fraction of sp³-hybridized carbons (Fsp3) is 0.474. The number of amides is 1. The summed E-state index contributed by atoms with van der Waals surface area (Å²) in [5, 5.41) is 0. The Balaban J connectivity index is 1.49. The second-order valence-corrected chi connectivity index (χ2v) is 8.49. The van der Waals surface area contributed by atoms with E-state index in [1.54, 1.807) is 36.5 Å². The fourth-order valence-electron chi connectivity index (χ4n) is 2.96. The van der Waals surface area contributed by atoms with E-state index in [-0.39, 0.29) is 10.8 Å². The van der Waals surface area contributed by atoms with Gasteiger partial charge in [-0.25, -0.2) is 18.1 Å². The quantitative estimate of drug-likeness (QED) is 0.602. The number of nitrogens with one attached hydrogen (secondary N) is 1.